The van der Waals surface area contributed by atoms with Gasteiger partial charge in [0.15, 0.2) is 5.78 Å². The van der Waals surface area contributed by atoms with Gasteiger partial charge in [0.2, 0.25) is 0 Å². The first-order chi connectivity index (χ1) is 7.52. The molecule has 1 nitrogen and oxygen atoms in total. The van der Waals surface area contributed by atoms with Crippen LogP contribution in [-0.2, 0) is 0 Å². The summed E-state index contributed by atoms with van der Waals surface area (Å²) in [5.41, 5.74) is 0.380. The molecule has 0 saturated heterocycles. The topological polar surface area (TPSA) is 17.1 Å². The van der Waals surface area contributed by atoms with E-state index in [4.69, 9.17) is 46.4 Å². The first-order valence-electron chi connectivity index (χ1n) is 4.89. The van der Waals surface area contributed by atoms with E-state index in [0.717, 1.165) is 19.3 Å². The number of Topliss-reactive ketones (excluding diaryl/α,β-unsaturated/α-hetero) is 1. The molecular formula is C11H8Cl4O. The second-order valence-corrected chi connectivity index (χ2v) is 5.38. The summed E-state index contributed by atoms with van der Waals surface area (Å²) >= 11 is 23.6. The largest absolute Gasteiger partial charge is 0.294 e. The number of halogens is 4. The average molecular weight is 298 g/mol. The average Bonchev–Trinajstić information content (AvgIpc) is 2.17. The van der Waals surface area contributed by atoms with Crippen molar-refractivity contribution in [3.63, 3.8) is 0 Å². The number of carbonyl (C=O) groups is 1. The summed E-state index contributed by atoms with van der Waals surface area (Å²) in [6, 6.07) is 1.50. The highest BCUT2D eigenvalue weighted by molar-refractivity contribution is 6.52. The van der Waals surface area contributed by atoms with Crippen molar-refractivity contribution in [2.45, 2.75) is 19.3 Å². The molecule has 0 N–H and O–H groups in total. The first kappa shape index (κ1) is 12.5. The predicted octanol–water partition coefficient (Wildman–Crippen LogP) is 5.28. The monoisotopic (exact) mass is 296 g/mol. The van der Waals surface area contributed by atoms with Crippen LogP contribution in [0.3, 0.4) is 0 Å². The van der Waals surface area contributed by atoms with Crippen molar-refractivity contribution in [1.29, 1.82) is 0 Å². The zero-order valence-electron chi connectivity index (χ0n) is 8.20. The van der Waals surface area contributed by atoms with E-state index in [2.05, 4.69) is 0 Å². The summed E-state index contributed by atoms with van der Waals surface area (Å²) in [6.45, 7) is 0. The third-order valence-electron chi connectivity index (χ3n) is 2.84. The number of rotatable bonds is 2. The van der Waals surface area contributed by atoms with Crippen molar-refractivity contribution in [2.75, 3.05) is 0 Å². The molecule has 86 valence electrons. The lowest BCUT2D eigenvalue weighted by Gasteiger charge is -2.24. The molecule has 1 aromatic rings. The van der Waals surface area contributed by atoms with Crippen LogP contribution in [-0.4, -0.2) is 5.78 Å². The van der Waals surface area contributed by atoms with Gasteiger partial charge in [-0.15, -0.1) is 0 Å². The summed E-state index contributed by atoms with van der Waals surface area (Å²) < 4.78 is 0. The second-order valence-electron chi connectivity index (χ2n) is 3.84. The van der Waals surface area contributed by atoms with Gasteiger partial charge in [0, 0.05) is 11.5 Å². The third kappa shape index (κ3) is 2.06. The van der Waals surface area contributed by atoms with Crippen LogP contribution in [0.5, 0.6) is 0 Å². The molecule has 1 aromatic carbocycles. The molecule has 2 rings (SSSR count). The van der Waals surface area contributed by atoms with Crippen LogP contribution in [0, 0.1) is 5.92 Å². The van der Waals surface area contributed by atoms with Crippen molar-refractivity contribution >= 4 is 52.2 Å². The van der Waals surface area contributed by atoms with Gasteiger partial charge in [-0.2, -0.15) is 0 Å². The summed E-state index contributed by atoms with van der Waals surface area (Å²) in [5, 5.41) is 0.809. The fourth-order valence-corrected chi connectivity index (χ4v) is 2.54. The van der Waals surface area contributed by atoms with Crippen LogP contribution in [0.15, 0.2) is 6.07 Å². The zero-order valence-corrected chi connectivity index (χ0v) is 11.2. The Hall–Kier alpha value is 0.0500. The minimum Gasteiger partial charge on any atom is -0.294 e. The molecule has 1 aliphatic carbocycles. The number of benzene rings is 1. The Morgan fingerprint density at radius 2 is 1.69 bits per heavy atom. The van der Waals surface area contributed by atoms with Crippen LogP contribution in [0.1, 0.15) is 29.6 Å². The lowest BCUT2D eigenvalue weighted by atomic mass is 9.80. The highest BCUT2D eigenvalue weighted by Gasteiger charge is 2.29. The standard InChI is InChI=1S/C11H8Cl4O/c12-7-4-6(8(13)10(15)9(7)14)11(16)5-2-1-3-5/h4-5H,1-3H2. The molecule has 0 unspecified atom stereocenters. The van der Waals surface area contributed by atoms with Crippen molar-refractivity contribution in [3.05, 3.63) is 31.7 Å². The molecule has 5 heteroatoms. The van der Waals surface area contributed by atoms with Crippen molar-refractivity contribution in [1.82, 2.24) is 0 Å². The molecule has 16 heavy (non-hydrogen) atoms. The molecule has 0 heterocycles. The van der Waals surface area contributed by atoms with Gasteiger partial charge in [0.25, 0.3) is 0 Å². The van der Waals surface area contributed by atoms with Gasteiger partial charge in [-0.1, -0.05) is 52.8 Å². The Kier molecular flexibility index (Phi) is 3.70. The maximum Gasteiger partial charge on any atom is 0.167 e. The molecule has 0 aromatic heterocycles. The molecule has 1 fully saturated rings. The maximum absolute atomic E-state index is 12.0. The molecule has 0 aliphatic heterocycles. The Morgan fingerprint density at radius 3 is 2.19 bits per heavy atom. The molecule has 0 bridgehead atoms. The van der Waals surface area contributed by atoms with Crippen LogP contribution in [0.25, 0.3) is 0 Å². The quantitative estimate of drug-likeness (QED) is 0.412. The molecule has 0 spiro atoms. The van der Waals surface area contributed by atoms with Crippen LogP contribution in [0.4, 0.5) is 0 Å². The lowest BCUT2D eigenvalue weighted by Crippen LogP contribution is -2.22. The van der Waals surface area contributed by atoms with Crippen molar-refractivity contribution in [3.8, 4) is 0 Å². The minimum atomic E-state index is 0.0108. The van der Waals surface area contributed by atoms with E-state index in [9.17, 15) is 4.79 Å². The number of carbonyl (C=O) groups excluding carboxylic acids is 1. The third-order valence-corrected chi connectivity index (χ3v) is 4.60. The van der Waals surface area contributed by atoms with Crippen LogP contribution in [0.2, 0.25) is 20.1 Å². The summed E-state index contributed by atoms with van der Waals surface area (Å²) in [5.74, 6) is 0.0718. The second kappa shape index (κ2) is 4.73. The zero-order chi connectivity index (χ0) is 11.9. The smallest absolute Gasteiger partial charge is 0.167 e. The van der Waals surface area contributed by atoms with Gasteiger partial charge < -0.3 is 0 Å². The normalized spacial score (nSPS) is 16.0. The SMILES string of the molecule is O=C(c1cc(Cl)c(Cl)c(Cl)c1Cl)C1CCC1. The van der Waals surface area contributed by atoms with Gasteiger partial charge in [-0.3, -0.25) is 4.79 Å². The van der Waals surface area contributed by atoms with E-state index in [1.165, 1.54) is 6.07 Å². The summed E-state index contributed by atoms with van der Waals surface area (Å²) in [7, 11) is 0. The molecular weight excluding hydrogens is 290 g/mol. The minimum absolute atomic E-state index is 0.0108. The van der Waals surface area contributed by atoms with E-state index in [0.29, 0.717) is 5.56 Å². The molecule has 0 atom stereocenters. The molecule has 0 amide bonds. The Balaban J connectivity index is 2.44. The first-order valence-corrected chi connectivity index (χ1v) is 6.40. The van der Waals surface area contributed by atoms with Gasteiger partial charge in [0.1, 0.15) is 0 Å². The highest BCUT2D eigenvalue weighted by Crippen LogP contribution is 2.40. The number of ketones is 1. The summed E-state index contributed by atoms with van der Waals surface area (Å²) in [6.07, 6.45) is 2.91. The predicted molar refractivity (Wildman–Crippen MR) is 68.2 cm³/mol. The molecule has 1 aliphatic rings. The van der Waals surface area contributed by atoms with Crippen molar-refractivity contribution in [2.24, 2.45) is 5.92 Å². The fourth-order valence-electron chi connectivity index (χ4n) is 1.64. The van der Waals surface area contributed by atoms with E-state index in [1.54, 1.807) is 0 Å². The maximum atomic E-state index is 12.0. The number of hydrogen-bond donors (Lipinski definition) is 0. The van der Waals surface area contributed by atoms with Crippen molar-refractivity contribution < 1.29 is 4.79 Å². The fraction of sp³-hybridized carbons (Fsp3) is 0.364. The molecule has 0 radical (unpaired) electrons. The lowest BCUT2D eigenvalue weighted by molar-refractivity contribution is 0.0855. The van der Waals surface area contributed by atoms with Gasteiger partial charge in [-0.25, -0.2) is 0 Å². The van der Waals surface area contributed by atoms with Gasteiger partial charge >= 0.3 is 0 Å². The van der Waals surface area contributed by atoms with Gasteiger partial charge in [-0.05, 0) is 18.9 Å². The van der Waals surface area contributed by atoms with E-state index >= 15 is 0 Å². The van der Waals surface area contributed by atoms with Gasteiger partial charge in [0.05, 0.1) is 20.1 Å². The highest BCUT2D eigenvalue weighted by atomic mass is 35.5. The molecule has 1 saturated carbocycles. The summed E-state index contributed by atoms with van der Waals surface area (Å²) in [4.78, 5) is 12.0. The van der Waals surface area contributed by atoms with Crippen LogP contribution < -0.4 is 0 Å². The Labute approximate surface area is 114 Å². The Morgan fingerprint density at radius 1 is 1.06 bits per heavy atom. The van der Waals surface area contributed by atoms with E-state index in [-0.39, 0.29) is 31.8 Å². The van der Waals surface area contributed by atoms with E-state index in [1.807, 2.05) is 0 Å². The van der Waals surface area contributed by atoms with E-state index < -0.39 is 0 Å². The Bertz CT molecular complexity index is 452. The number of hydrogen-bond acceptors (Lipinski definition) is 1. The van der Waals surface area contributed by atoms with Crippen LogP contribution >= 0.6 is 46.4 Å².